The van der Waals surface area contributed by atoms with Gasteiger partial charge < -0.3 is 19.3 Å². The maximum absolute atomic E-state index is 11.6. The van der Waals surface area contributed by atoms with Gasteiger partial charge in [0.05, 0.1) is 12.8 Å². The van der Waals surface area contributed by atoms with Crippen molar-refractivity contribution in [2.45, 2.75) is 19.3 Å². The van der Waals surface area contributed by atoms with Crippen molar-refractivity contribution in [2.24, 2.45) is 0 Å². The van der Waals surface area contributed by atoms with Crippen LogP contribution in [0, 0.1) is 0 Å². The number of hydrogen-bond donors (Lipinski definition) is 2. The molecule has 0 aliphatic heterocycles. The molecule has 0 N–H and O–H groups in total. The number of carbonyl (C=O) groups excluding carboxylic acids is 2. The highest BCUT2D eigenvalue weighted by molar-refractivity contribution is 7.80. The number of rotatable bonds is 14. The quantitative estimate of drug-likeness (QED) is 0.353. The molecule has 0 aliphatic carbocycles. The van der Waals surface area contributed by atoms with Crippen molar-refractivity contribution in [2.75, 3.05) is 65.0 Å². The third kappa shape index (κ3) is 14.9. The molecular weight excluding hydrogens is 336 g/mol. The van der Waals surface area contributed by atoms with Crippen LogP contribution < -0.4 is 0 Å². The molecule has 0 saturated heterocycles. The molecule has 0 bridgehead atoms. The van der Waals surface area contributed by atoms with Crippen molar-refractivity contribution in [3.8, 4) is 0 Å². The van der Waals surface area contributed by atoms with Crippen molar-refractivity contribution in [1.29, 1.82) is 0 Å². The van der Waals surface area contributed by atoms with Gasteiger partial charge in [0.25, 0.3) is 0 Å². The van der Waals surface area contributed by atoms with E-state index in [0.717, 1.165) is 19.5 Å². The van der Waals surface area contributed by atoms with Crippen LogP contribution in [-0.2, 0) is 19.1 Å². The summed E-state index contributed by atoms with van der Waals surface area (Å²) in [5, 5.41) is 0. The van der Waals surface area contributed by atoms with Gasteiger partial charge >= 0.3 is 11.9 Å². The van der Waals surface area contributed by atoms with E-state index in [1.165, 1.54) is 0 Å². The molecule has 136 valence electrons. The second-order valence-corrected chi connectivity index (χ2v) is 6.28. The highest BCUT2D eigenvalue weighted by atomic mass is 32.1. The van der Waals surface area contributed by atoms with Crippen molar-refractivity contribution in [1.82, 2.24) is 9.80 Å². The van der Waals surface area contributed by atoms with Crippen molar-refractivity contribution >= 4 is 37.2 Å². The first-order valence-corrected chi connectivity index (χ1v) is 9.16. The van der Waals surface area contributed by atoms with Crippen LogP contribution in [0.5, 0.6) is 0 Å². The third-order valence-corrected chi connectivity index (χ3v) is 3.42. The molecule has 0 saturated carbocycles. The van der Waals surface area contributed by atoms with Gasteiger partial charge in [-0.05, 0) is 33.6 Å². The molecule has 0 aromatic rings. The third-order valence-electron chi connectivity index (χ3n) is 3.05. The number of carbonyl (C=O) groups is 2. The van der Waals surface area contributed by atoms with Crippen molar-refractivity contribution in [3.05, 3.63) is 0 Å². The van der Waals surface area contributed by atoms with Gasteiger partial charge in [0, 0.05) is 24.6 Å². The summed E-state index contributed by atoms with van der Waals surface area (Å²) in [6.45, 7) is 3.62. The number of hydrogen-bond acceptors (Lipinski definition) is 8. The van der Waals surface area contributed by atoms with Crippen molar-refractivity contribution < 1.29 is 19.1 Å². The van der Waals surface area contributed by atoms with Gasteiger partial charge in [-0.2, -0.15) is 25.3 Å². The molecule has 0 unspecified atom stereocenters. The predicted octanol–water partition coefficient (Wildman–Crippen LogP) is 0.966. The fourth-order valence-electron chi connectivity index (χ4n) is 1.91. The van der Waals surface area contributed by atoms with Crippen LogP contribution in [0.15, 0.2) is 0 Å². The van der Waals surface area contributed by atoms with E-state index in [1.54, 1.807) is 0 Å². The number of ether oxygens (including phenoxy) is 2. The standard InChI is InChI=1S/C15H30N2O4S2/c1-16(2)6-3-7-17(8-4-14(18)20-10-12-22)9-5-15(19)21-11-13-23/h22-23H,3-13H2,1-2H3. The minimum Gasteiger partial charge on any atom is -0.465 e. The predicted molar refractivity (Wildman–Crippen MR) is 98.5 cm³/mol. The first-order valence-electron chi connectivity index (χ1n) is 7.89. The molecule has 0 rings (SSSR count). The van der Waals surface area contributed by atoms with Gasteiger partial charge in [0.15, 0.2) is 0 Å². The molecule has 0 aliphatic rings. The zero-order valence-electron chi connectivity index (χ0n) is 14.2. The highest BCUT2D eigenvalue weighted by Gasteiger charge is 2.12. The molecule has 0 aromatic carbocycles. The van der Waals surface area contributed by atoms with E-state index in [-0.39, 0.29) is 11.9 Å². The molecule has 0 atom stereocenters. The molecule has 0 amide bonds. The Hall–Kier alpha value is -0.440. The fraction of sp³-hybridized carbons (Fsp3) is 0.867. The lowest BCUT2D eigenvalue weighted by Crippen LogP contribution is -2.32. The maximum atomic E-state index is 11.6. The van der Waals surface area contributed by atoms with Crippen molar-refractivity contribution in [3.63, 3.8) is 0 Å². The monoisotopic (exact) mass is 366 g/mol. The van der Waals surface area contributed by atoms with Gasteiger partial charge in [0.2, 0.25) is 0 Å². The van der Waals surface area contributed by atoms with Crippen LogP contribution in [0.25, 0.3) is 0 Å². The number of esters is 2. The van der Waals surface area contributed by atoms with Crippen LogP contribution in [0.3, 0.4) is 0 Å². The Morgan fingerprint density at radius 2 is 1.30 bits per heavy atom. The molecular formula is C15H30N2O4S2. The zero-order chi connectivity index (χ0) is 17.5. The summed E-state index contributed by atoms with van der Waals surface area (Å²) in [5.74, 6) is 0.591. The van der Waals surface area contributed by atoms with Gasteiger partial charge in [0.1, 0.15) is 13.2 Å². The minimum atomic E-state index is -0.227. The normalized spacial score (nSPS) is 11.0. The lowest BCUT2D eigenvalue weighted by Gasteiger charge is -2.22. The summed E-state index contributed by atoms with van der Waals surface area (Å²) in [7, 11) is 4.04. The Bertz CT molecular complexity index is 307. The molecule has 0 radical (unpaired) electrons. The summed E-state index contributed by atoms with van der Waals surface area (Å²) in [4.78, 5) is 27.4. The summed E-state index contributed by atoms with van der Waals surface area (Å²) in [6, 6.07) is 0. The van der Waals surface area contributed by atoms with Gasteiger partial charge in [-0.3, -0.25) is 9.59 Å². The van der Waals surface area contributed by atoms with E-state index in [9.17, 15) is 9.59 Å². The smallest absolute Gasteiger partial charge is 0.307 e. The van der Waals surface area contributed by atoms with Gasteiger partial charge in [-0.1, -0.05) is 0 Å². The molecule has 8 heteroatoms. The zero-order valence-corrected chi connectivity index (χ0v) is 16.0. The molecule has 23 heavy (non-hydrogen) atoms. The van der Waals surface area contributed by atoms with Crippen LogP contribution in [0.4, 0.5) is 0 Å². The molecule has 0 heterocycles. The summed E-state index contributed by atoms with van der Waals surface area (Å²) in [6.07, 6.45) is 1.62. The van der Waals surface area contributed by atoms with Crippen LogP contribution >= 0.6 is 25.3 Å². The lowest BCUT2D eigenvalue weighted by atomic mass is 10.3. The average Bonchev–Trinajstić information content (AvgIpc) is 2.52. The second-order valence-electron chi connectivity index (χ2n) is 5.39. The molecule has 0 fully saturated rings. The molecule has 6 nitrogen and oxygen atoms in total. The van der Waals surface area contributed by atoms with Crippen LogP contribution in [-0.4, -0.2) is 86.7 Å². The van der Waals surface area contributed by atoms with E-state index < -0.39 is 0 Å². The average molecular weight is 367 g/mol. The van der Waals surface area contributed by atoms with E-state index >= 15 is 0 Å². The fourth-order valence-corrected chi connectivity index (χ4v) is 2.09. The Morgan fingerprint density at radius 3 is 1.70 bits per heavy atom. The maximum Gasteiger partial charge on any atom is 0.307 e. The Balaban J connectivity index is 4.16. The topological polar surface area (TPSA) is 59.1 Å². The van der Waals surface area contributed by atoms with Crippen LogP contribution in [0.2, 0.25) is 0 Å². The molecule has 0 aromatic heterocycles. The van der Waals surface area contributed by atoms with Crippen LogP contribution in [0.1, 0.15) is 19.3 Å². The first-order chi connectivity index (χ1) is 11.0. The van der Waals surface area contributed by atoms with E-state index in [2.05, 4.69) is 35.1 Å². The SMILES string of the molecule is CN(C)CCCN(CCC(=O)OCCS)CCC(=O)OCCS. The number of thiol groups is 2. The van der Waals surface area contributed by atoms with E-state index in [4.69, 9.17) is 9.47 Å². The Kier molecular flexibility index (Phi) is 14.8. The summed E-state index contributed by atoms with van der Waals surface area (Å²) in [5.41, 5.74) is 0. The Morgan fingerprint density at radius 1 is 0.826 bits per heavy atom. The Labute approximate surface area is 150 Å². The summed E-state index contributed by atoms with van der Waals surface area (Å²) < 4.78 is 10.0. The van der Waals surface area contributed by atoms with E-state index in [1.807, 2.05) is 14.1 Å². The number of nitrogens with zero attached hydrogens (tertiary/aromatic N) is 2. The van der Waals surface area contributed by atoms with Gasteiger partial charge in [-0.25, -0.2) is 0 Å². The second kappa shape index (κ2) is 15.1. The molecule has 0 spiro atoms. The lowest BCUT2D eigenvalue weighted by molar-refractivity contribution is -0.143. The largest absolute Gasteiger partial charge is 0.465 e. The highest BCUT2D eigenvalue weighted by Crippen LogP contribution is 2.01. The first kappa shape index (κ1) is 22.6. The summed E-state index contributed by atoms with van der Waals surface area (Å²) >= 11 is 8.01. The van der Waals surface area contributed by atoms with Gasteiger partial charge in [-0.15, -0.1) is 0 Å². The van der Waals surface area contributed by atoms with E-state index in [0.29, 0.717) is 50.7 Å². The minimum absolute atomic E-state index is 0.227.